The van der Waals surface area contributed by atoms with E-state index in [0.29, 0.717) is 29.2 Å². The number of ether oxygens (including phenoxy) is 2. The normalized spacial score (nSPS) is 10.9. The average molecular weight is 466 g/mol. The summed E-state index contributed by atoms with van der Waals surface area (Å²) < 4.78 is 18.0. The molecule has 0 bridgehead atoms. The van der Waals surface area contributed by atoms with Gasteiger partial charge < -0.3 is 14.0 Å². The first-order valence-corrected chi connectivity index (χ1v) is 11.2. The fraction of sp³-hybridized carbons (Fsp3) is 0.250. The number of carbonyl (C=O) groups excluding carboxylic acids is 2. The number of Topliss-reactive ketones (excluding diaryl/α,β-unsaturated/α-hetero) is 1. The van der Waals surface area contributed by atoms with Crippen LogP contribution in [0.3, 0.4) is 0 Å². The molecule has 33 heavy (non-hydrogen) atoms. The molecule has 4 rings (SSSR count). The zero-order valence-electron chi connectivity index (χ0n) is 18.7. The Hall–Kier alpha value is -3.72. The third kappa shape index (κ3) is 4.73. The first kappa shape index (κ1) is 22.5. The molecule has 0 radical (unpaired) electrons. The van der Waals surface area contributed by atoms with Crippen LogP contribution in [0.25, 0.3) is 5.13 Å². The highest BCUT2D eigenvalue weighted by Gasteiger charge is 2.19. The summed E-state index contributed by atoms with van der Waals surface area (Å²) in [5.41, 5.74) is 4.18. The summed E-state index contributed by atoms with van der Waals surface area (Å²) in [6, 6.07) is 8.35. The molecule has 170 valence electrons. The van der Waals surface area contributed by atoms with Crippen molar-refractivity contribution < 1.29 is 23.6 Å². The molecule has 0 aliphatic rings. The van der Waals surface area contributed by atoms with Gasteiger partial charge >= 0.3 is 5.97 Å². The van der Waals surface area contributed by atoms with E-state index in [4.69, 9.17) is 14.0 Å². The number of aryl methyl sites for hydroxylation is 3. The van der Waals surface area contributed by atoms with Crippen molar-refractivity contribution >= 4 is 23.1 Å². The molecule has 8 nitrogen and oxygen atoms in total. The van der Waals surface area contributed by atoms with Crippen molar-refractivity contribution in [3.05, 3.63) is 81.4 Å². The van der Waals surface area contributed by atoms with E-state index in [1.54, 1.807) is 36.5 Å². The number of thiazole rings is 1. The van der Waals surface area contributed by atoms with E-state index in [1.165, 1.54) is 11.3 Å². The second kappa shape index (κ2) is 9.41. The van der Waals surface area contributed by atoms with Gasteiger partial charge in [-0.15, -0.1) is 11.3 Å². The summed E-state index contributed by atoms with van der Waals surface area (Å²) in [6.45, 7) is 7.42. The fourth-order valence-electron chi connectivity index (χ4n) is 3.51. The zero-order valence-corrected chi connectivity index (χ0v) is 19.6. The van der Waals surface area contributed by atoms with Crippen molar-refractivity contribution in [3.63, 3.8) is 0 Å². The van der Waals surface area contributed by atoms with Gasteiger partial charge in [0.1, 0.15) is 18.1 Å². The maximum atomic E-state index is 12.7. The highest BCUT2D eigenvalue weighted by Crippen LogP contribution is 2.23. The van der Waals surface area contributed by atoms with Crippen LogP contribution in [0.5, 0.6) is 5.75 Å². The Morgan fingerprint density at radius 2 is 1.88 bits per heavy atom. The van der Waals surface area contributed by atoms with Crippen LogP contribution < -0.4 is 4.74 Å². The Bertz CT molecular complexity index is 1270. The second-order valence-corrected chi connectivity index (χ2v) is 8.42. The molecule has 0 spiro atoms. The van der Waals surface area contributed by atoms with Gasteiger partial charge in [-0.2, -0.15) is 0 Å². The lowest BCUT2D eigenvalue weighted by Crippen LogP contribution is -2.15. The largest absolute Gasteiger partial charge is 0.489 e. The summed E-state index contributed by atoms with van der Waals surface area (Å²) in [5, 5.41) is 6.57. The van der Waals surface area contributed by atoms with Gasteiger partial charge in [0.2, 0.25) is 5.78 Å². The molecule has 0 aliphatic carbocycles. The molecular weight excluding hydrogens is 442 g/mol. The van der Waals surface area contributed by atoms with Gasteiger partial charge in [0.15, 0.2) is 11.7 Å². The molecule has 0 N–H and O–H groups in total. The number of aromatic nitrogens is 3. The zero-order chi connectivity index (χ0) is 23.5. The van der Waals surface area contributed by atoms with E-state index in [9.17, 15) is 9.59 Å². The molecule has 0 saturated carbocycles. The third-order valence-electron chi connectivity index (χ3n) is 5.33. The Balaban J connectivity index is 1.35. The van der Waals surface area contributed by atoms with Crippen molar-refractivity contribution in [1.29, 1.82) is 0 Å². The number of nitrogens with zero attached hydrogens (tertiary/aromatic N) is 3. The monoisotopic (exact) mass is 465 g/mol. The summed E-state index contributed by atoms with van der Waals surface area (Å²) in [7, 11) is 0. The number of hydrogen-bond acceptors (Lipinski definition) is 8. The number of hydrogen-bond donors (Lipinski definition) is 0. The van der Waals surface area contributed by atoms with E-state index in [2.05, 4.69) is 10.1 Å². The smallest absolute Gasteiger partial charge is 0.338 e. The lowest BCUT2D eigenvalue weighted by atomic mass is 10.1. The molecule has 0 atom stereocenters. The first-order valence-electron chi connectivity index (χ1n) is 10.3. The number of esters is 1. The number of ketones is 1. The third-order valence-corrected chi connectivity index (χ3v) is 6.09. The van der Waals surface area contributed by atoms with Gasteiger partial charge in [0, 0.05) is 28.5 Å². The predicted molar refractivity (Wildman–Crippen MR) is 122 cm³/mol. The maximum Gasteiger partial charge on any atom is 0.338 e. The number of benzene rings is 1. The molecule has 0 unspecified atom stereocenters. The van der Waals surface area contributed by atoms with Gasteiger partial charge in [-0.1, -0.05) is 5.16 Å². The minimum atomic E-state index is -0.575. The molecule has 0 amide bonds. The van der Waals surface area contributed by atoms with Gasteiger partial charge in [-0.05, 0) is 58.0 Å². The lowest BCUT2D eigenvalue weighted by Gasteiger charge is -2.08. The molecule has 0 fully saturated rings. The summed E-state index contributed by atoms with van der Waals surface area (Å²) >= 11 is 1.49. The molecule has 3 heterocycles. The van der Waals surface area contributed by atoms with Crippen LogP contribution in [0.1, 0.15) is 49.1 Å². The molecule has 0 saturated heterocycles. The Labute approximate surface area is 194 Å². The van der Waals surface area contributed by atoms with Crippen LogP contribution in [-0.4, -0.2) is 33.1 Å². The highest BCUT2D eigenvalue weighted by atomic mass is 32.1. The predicted octanol–water partition coefficient (Wildman–Crippen LogP) is 4.77. The van der Waals surface area contributed by atoms with Crippen LogP contribution in [0.4, 0.5) is 0 Å². The summed E-state index contributed by atoms with van der Waals surface area (Å²) in [5.74, 6) is 0.468. The lowest BCUT2D eigenvalue weighted by molar-refractivity contribution is 0.0474. The fourth-order valence-corrected chi connectivity index (χ4v) is 4.26. The van der Waals surface area contributed by atoms with Crippen LogP contribution in [-0.2, 0) is 11.3 Å². The maximum absolute atomic E-state index is 12.7. The van der Waals surface area contributed by atoms with E-state index in [-0.39, 0.29) is 12.4 Å². The van der Waals surface area contributed by atoms with E-state index in [0.717, 1.165) is 27.8 Å². The van der Waals surface area contributed by atoms with Crippen LogP contribution in [0, 0.1) is 27.7 Å². The molecule has 1 aromatic carbocycles. The van der Waals surface area contributed by atoms with Gasteiger partial charge in [0.05, 0.1) is 16.8 Å². The van der Waals surface area contributed by atoms with Crippen molar-refractivity contribution in [2.75, 3.05) is 6.61 Å². The number of rotatable bonds is 8. The molecular formula is C24H23N3O5S. The SMILES string of the molecule is Cc1noc(C)c1COc1ccc(C(=O)OCC(=O)c2cc(C)n(-c3nccs3)c2C)cc1. The van der Waals surface area contributed by atoms with Crippen LogP contribution >= 0.6 is 11.3 Å². The van der Waals surface area contributed by atoms with Crippen molar-refractivity contribution in [3.8, 4) is 10.9 Å². The van der Waals surface area contributed by atoms with E-state index >= 15 is 0 Å². The Morgan fingerprint density at radius 3 is 2.52 bits per heavy atom. The summed E-state index contributed by atoms with van der Waals surface area (Å²) in [4.78, 5) is 29.4. The first-order chi connectivity index (χ1) is 15.8. The highest BCUT2D eigenvalue weighted by molar-refractivity contribution is 7.12. The van der Waals surface area contributed by atoms with Crippen molar-refractivity contribution in [1.82, 2.24) is 14.7 Å². The van der Waals surface area contributed by atoms with E-state index in [1.807, 2.05) is 37.6 Å². The van der Waals surface area contributed by atoms with Crippen molar-refractivity contribution in [2.45, 2.75) is 34.3 Å². The molecule has 3 aromatic heterocycles. The molecule has 9 heteroatoms. The van der Waals surface area contributed by atoms with E-state index < -0.39 is 5.97 Å². The quantitative estimate of drug-likeness (QED) is 0.273. The van der Waals surface area contributed by atoms with Gasteiger partial charge in [0.25, 0.3) is 0 Å². The van der Waals surface area contributed by atoms with Crippen molar-refractivity contribution in [2.24, 2.45) is 0 Å². The standard InChI is InChI=1S/C24H23N3O5S/c1-14-11-20(16(3)27(14)24-25-9-10-33-24)22(28)13-31-23(29)18-5-7-19(8-6-18)30-12-21-15(2)26-32-17(21)4/h5-11H,12-13H2,1-4H3. The second-order valence-electron chi connectivity index (χ2n) is 7.55. The van der Waals surface area contributed by atoms with Crippen LogP contribution in [0.2, 0.25) is 0 Å². The summed E-state index contributed by atoms with van der Waals surface area (Å²) in [6.07, 6.45) is 1.72. The van der Waals surface area contributed by atoms with Gasteiger partial charge in [-0.25, -0.2) is 9.78 Å². The van der Waals surface area contributed by atoms with Crippen LogP contribution in [0.15, 0.2) is 46.4 Å². The Morgan fingerprint density at radius 1 is 1.12 bits per heavy atom. The van der Waals surface area contributed by atoms with Gasteiger partial charge in [-0.3, -0.25) is 9.36 Å². The number of carbonyl (C=O) groups is 2. The minimum Gasteiger partial charge on any atom is -0.489 e. The molecule has 0 aliphatic heterocycles. The average Bonchev–Trinajstić information content (AvgIpc) is 3.51. The minimum absolute atomic E-state index is 0.265. The topological polar surface area (TPSA) is 96.5 Å². The molecule has 4 aromatic rings. The Kier molecular flexibility index (Phi) is 6.41.